The van der Waals surface area contributed by atoms with Crippen LogP contribution in [0.15, 0.2) is 18.2 Å². The summed E-state index contributed by atoms with van der Waals surface area (Å²) in [4.78, 5) is 37.7. The smallest absolute Gasteiger partial charge is 0.239 e. The molecule has 1 fully saturated rings. The van der Waals surface area contributed by atoms with E-state index in [9.17, 15) is 14.4 Å². The molecule has 3 amide bonds. The van der Waals surface area contributed by atoms with E-state index in [1.54, 1.807) is 4.90 Å². The van der Waals surface area contributed by atoms with E-state index in [0.717, 1.165) is 16.7 Å². The number of nitrogens with two attached hydrogens (primary N) is 1. The van der Waals surface area contributed by atoms with Gasteiger partial charge in [-0.05, 0) is 29.5 Å². The summed E-state index contributed by atoms with van der Waals surface area (Å²) < 4.78 is 0. The maximum atomic E-state index is 12.6. The van der Waals surface area contributed by atoms with Crippen LogP contribution >= 0.6 is 0 Å². The summed E-state index contributed by atoms with van der Waals surface area (Å²) in [5.74, 6) is -1.71. The second-order valence-electron chi connectivity index (χ2n) is 5.86. The van der Waals surface area contributed by atoms with Crippen molar-refractivity contribution in [2.24, 2.45) is 11.7 Å². The van der Waals surface area contributed by atoms with Crippen LogP contribution in [0.25, 0.3) is 0 Å². The van der Waals surface area contributed by atoms with Gasteiger partial charge in [-0.15, -0.1) is 0 Å². The van der Waals surface area contributed by atoms with E-state index in [0.29, 0.717) is 38.9 Å². The van der Waals surface area contributed by atoms with Crippen molar-refractivity contribution in [1.29, 1.82) is 0 Å². The van der Waals surface area contributed by atoms with Gasteiger partial charge in [0.05, 0.1) is 0 Å². The van der Waals surface area contributed by atoms with Crippen molar-refractivity contribution in [2.75, 3.05) is 0 Å². The van der Waals surface area contributed by atoms with Gasteiger partial charge < -0.3 is 10.6 Å². The molecule has 0 radical (unpaired) electrons. The van der Waals surface area contributed by atoms with Crippen LogP contribution in [0.1, 0.15) is 36.0 Å². The summed E-state index contributed by atoms with van der Waals surface area (Å²) in [5, 5.41) is 2.29. The number of nitrogens with one attached hydrogen (secondary N) is 1. The van der Waals surface area contributed by atoms with E-state index >= 15 is 0 Å². The Kier molecular flexibility index (Phi) is 3.94. The van der Waals surface area contributed by atoms with Crippen molar-refractivity contribution in [3.8, 4) is 0 Å². The van der Waals surface area contributed by atoms with E-state index in [-0.39, 0.29) is 11.8 Å². The third-order valence-corrected chi connectivity index (χ3v) is 4.31. The predicted molar refractivity (Wildman–Crippen MR) is 79.1 cm³/mol. The molecule has 0 saturated carbocycles. The number of carbonyl (C=O) groups is 3. The largest absolute Gasteiger partial charge is 0.333 e. The molecule has 1 saturated heterocycles. The van der Waals surface area contributed by atoms with Gasteiger partial charge in [-0.2, -0.15) is 0 Å². The Bertz CT molecular complexity index is 642. The average molecular weight is 301 g/mol. The van der Waals surface area contributed by atoms with E-state index in [2.05, 4.69) is 5.32 Å². The summed E-state index contributed by atoms with van der Waals surface area (Å²) in [7, 11) is 0. The van der Waals surface area contributed by atoms with Crippen molar-refractivity contribution < 1.29 is 14.4 Å². The number of hydrogen-bond acceptors (Lipinski definition) is 4. The first kappa shape index (κ1) is 14.7. The fourth-order valence-electron chi connectivity index (χ4n) is 3.07. The zero-order valence-corrected chi connectivity index (χ0v) is 12.3. The lowest BCUT2D eigenvalue weighted by atomic mass is 10.0. The van der Waals surface area contributed by atoms with Crippen molar-refractivity contribution >= 4 is 17.7 Å². The van der Waals surface area contributed by atoms with Crippen molar-refractivity contribution in [2.45, 2.75) is 38.9 Å². The van der Waals surface area contributed by atoms with Gasteiger partial charge in [0, 0.05) is 26.1 Å². The predicted octanol–water partition coefficient (Wildman–Crippen LogP) is 0.430. The molecule has 22 heavy (non-hydrogen) atoms. The Morgan fingerprint density at radius 2 is 2.05 bits per heavy atom. The van der Waals surface area contributed by atoms with Crippen LogP contribution in [0, 0.1) is 5.92 Å². The molecule has 1 aromatic rings. The first-order valence-electron chi connectivity index (χ1n) is 7.51. The van der Waals surface area contributed by atoms with Crippen LogP contribution in [0.3, 0.4) is 0 Å². The molecule has 1 atom stereocenters. The van der Waals surface area contributed by atoms with Gasteiger partial charge in [0.25, 0.3) is 0 Å². The van der Waals surface area contributed by atoms with E-state index in [1.807, 2.05) is 18.2 Å². The van der Waals surface area contributed by atoms with Gasteiger partial charge in [0.15, 0.2) is 0 Å². The van der Waals surface area contributed by atoms with Gasteiger partial charge in [-0.3, -0.25) is 19.7 Å². The maximum absolute atomic E-state index is 12.6. The fraction of sp³-hybridized carbons (Fsp3) is 0.438. The van der Waals surface area contributed by atoms with Crippen LogP contribution in [0.4, 0.5) is 0 Å². The molecule has 3 N–H and O–H groups in total. The molecule has 2 heterocycles. The van der Waals surface area contributed by atoms with Crippen LogP contribution in [0.2, 0.25) is 0 Å². The zero-order chi connectivity index (χ0) is 15.7. The summed E-state index contributed by atoms with van der Waals surface area (Å²) in [5.41, 5.74) is 8.85. The van der Waals surface area contributed by atoms with E-state index in [1.165, 1.54) is 0 Å². The van der Waals surface area contributed by atoms with Crippen LogP contribution in [-0.2, 0) is 34.0 Å². The molecular weight excluding hydrogens is 282 g/mol. The van der Waals surface area contributed by atoms with E-state index in [4.69, 9.17) is 5.73 Å². The van der Waals surface area contributed by atoms with Crippen molar-refractivity contribution in [1.82, 2.24) is 10.2 Å². The molecular formula is C16H19N3O3. The lowest BCUT2D eigenvalue weighted by molar-refractivity contribution is -0.143. The third kappa shape index (κ3) is 2.74. The second-order valence-corrected chi connectivity index (χ2v) is 5.86. The molecule has 2 aliphatic rings. The minimum absolute atomic E-state index is 0.197. The fourth-order valence-corrected chi connectivity index (χ4v) is 3.07. The summed E-state index contributed by atoms with van der Waals surface area (Å²) in [6.45, 7) is 1.48. The highest BCUT2D eigenvalue weighted by Crippen LogP contribution is 2.27. The highest BCUT2D eigenvalue weighted by atomic mass is 16.2. The summed E-state index contributed by atoms with van der Waals surface area (Å²) in [6, 6.07) is 5.96. The van der Waals surface area contributed by atoms with Crippen molar-refractivity contribution in [3.63, 3.8) is 0 Å². The van der Waals surface area contributed by atoms with Gasteiger partial charge in [-0.1, -0.05) is 18.2 Å². The van der Waals surface area contributed by atoms with Crippen LogP contribution in [-0.4, -0.2) is 22.6 Å². The molecule has 0 unspecified atom stereocenters. The van der Waals surface area contributed by atoms with E-state index < -0.39 is 11.8 Å². The Morgan fingerprint density at radius 1 is 1.27 bits per heavy atom. The Hall–Kier alpha value is -2.21. The highest BCUT2D eigenvalue weighted by Gasteiger charge is 2.35. The van der Waals surface area contributed by atoms with Gasteiger partial charge in [-0.25, -0.2) is 0 Å². The molecule has 0 spiro atoms. The van der Waals surface area contributed by atoms with Crippen molar-refractivity contribution in [3.05, 3.63) is 34.9 Å². The number of rotatable bonds is 2. The minimum atomic E-state index is -0.755. The van der Waals surface area contributed by atoms with Crippen LogP contribution in [0.5, 0.6) is 0 Å². The zero-order valence-electron chi connectivity index (χ0n) is 12.3. The number of nitrogens with zero attached hydrogens (tertiary/aromatic N) is 1. The molecule has 6 nitrogen and oxygen atoms in total. The molecule has 116 valence electrons. The number of hydrogen-bond donors (Lipinski definition) is 2. The molecule has 6 heteroatoms. The first-order chi connectivity index (χ1) is 10.6. The average Bonchev–Trinajstić information content (AvgIpc) is 2.85. The quantitative estimate of drug-likeness (QED) is 0.612. The molecule has 0 bridgehead atoms. The molecule has 2 aliphatic heterocycles. The maximum Gasteiger partial charge on any atom is 0.239 e. The monoisotopic (exact) mass is 301 g/mol. The molecule has 3 rings (SSSR count). The number of amides is 3. The molecule has 0 aliphatic carbocycles. The number of benzene rings is 1. The standard InChI is InChI=1S/C16H19N3O3/c17-7-10-4-5-11-8-19(9-12(11)6-10)16(22)13-2-1-3-14(20)18-15(13)21/h4-6,13H,1-3,7-9,17H2,(H,18,20,21)/t13-/m0/s1. The Balaban J connectivity index is 1.74. The minimum Gasteiger partial charge on any atom is -0.333 e. The summed E-state index contributed by atoms with van der Waals surface area (Å²) >= 11 is 0. The second kappa shape index (κ2) is 5.88. The topological polar surface area (TPSA) is 92.5 Å². The summed E-state index contributed by atoms with van der Waals surface area (Å²) in [6.07, 6.45) is 1.29. The van der Waals surface area contributed by atoms with Crippen LogP contribution < -0.4 is 11.1 Å². The SMILES string of the molecule is NCc1ccc2c(c1)CN(C(=O)[C@H]1CCCC(=O)NC1=O)C2. The third-order valence-electron chi connectivity index (χ3n) is 4.31. The Labute approximate surface area is 128 Å². The van der Waals surface area contributed by atoms with Gasteiger partial charge >= 0.3 is 0 Å². The number of fused-ring (bicyclic) bond motifs is 1. The van der Waals surface area contributed by atoms with Gasteiger partial charge in [0.2, 0.25) is 17.7 Å². The molecule has 1 aromatic carbocycles. The lowest BCUT2D eigenvalue weighted by Crippen LogP contribution is -2.42. The number of imide groups is 1. The Morgan fingerprint density at radius 3 is 2.82 bits per heavy atom. The first-order valence-corrected chi connectivity index (χ1v) is 7.51. The normalized spacial score (nSPS) is 21.3. The number of carbonyl (C=O) groups excluding carboxylic acids is 3. The molecule has 0 aromatic heterocycles. The highest BCUT2D eigenvalue weighted by molar-refractivity contribution is 6.07. The van der Waals surface area contributed by atoms with Gasteiger partial charge in [0.1, 0.15) is 5.92 Å². The lowest BCUT2D eigenvalue weighted by Gasteiger charge is -2.20.